The normalized spacial score (nSPS) is 15.8. The molecule has 1 fully saturated rings. The maximum absolute atomic E-state index is 12.3. The van der Waals surface area contributed by atoms with Gasteiger partial charge in [0.05, 0.1) is 21.7 Å². The third-order valence-electron chi connectivity index (χ3n) is 5.62. The lowest BCUT2D eigenvalue weighted by atomic mass is 9.93. The maximum Gasteiger partial charge on any atom is 0.317 e. The number of carbonyl (C=O) groups excluding carboxylic acids is 1. The molecule has 1 aromatic carbocycles. The van der Waals surface area contributed by atoms with Gasteiger partial charge in [0.2, 0.25) is 0 Å². The molecule has 3 rings (SSSR count). The van der Waals surface area contributed by atoms with Crippen molar-refractivity contribution in [1.82, 2.24) is 20.0 Å². The molecule has 2 aromatic rings. The maximum atomic E-state index is 12.3. The van der Waals surface area contributed by atoms with E-state index in [2.05, 4.69) is 10.4 Å². The summed E-state index contributed by atoms with van der Waals surface area (Å²) in [5.41, 5.74) is 2.70. The Labute approximate surface area is 186 Å². The van der Waals surface area contributed by atoms with Crippen LogP contribution < -0.4 is 5.32 Å². The topological polar surface area (TPSA) is 87.5 Å². The lowest BCUT2D eigenvalue weighted by Gasteiger charge is -2.32. The molecule has 1 aromatic heterocycles. The van der Waals surface area contributed by atoms with Crippen LogP contribution in [-0.4, -0.2) is 51.4 Å². The number of rotatable bonds is 6. The molecule has 1 aliphatic heterocycles. The second kappa shape index (κ2) is 9.71. The van der Waals surface area contributed by atoms with Crippen LogP contribution in [0.25, 0.3) is 11.3 Å². The monoisotopic (exact) mass is 452 g/mol. The van der Waals surface area contributed by atoms with Gasteiger partial charge in [-0.15, -0.1) is 0 Å². The number of aromatic nitrogens is 2. The van der Waals surface area contributed by atoms with Gasteiger partial charge in [0.1, 0.15) is 0 Å². The molecule has 30 heavy (non-hydrogen) atoms. The molecule has 9 heteroatoms. The SMILES string of the molecule is C[C@@H](CCNC(=O)N1CCC(c2cc(-c3cccc(Cl)c3Cl)nn2C)CC1)C(=O)O. The van der Waals surface area contributed by atoms with Gasteiger partial charge in [0.15, 0.2) is 0 Å². The van der Waals surface area contributed by atoms with E-state index >= 15 is 0 Å². The number of likely N-dealkylation sites (tertiary alicyclic amines) is 1. The highest BCUT2D eigenvalue weighted by molar-refractivity contribution is 6.43. The fourth-order valence-corrected chi connectivity index (χ4v) is 4.10. The summed E-state index contributed by atoms with van der Waals surface area (Å²) in [6.07, 6.45) is 2.09. The van der Waals surface area contributed by atoms with Crippen molar-refractivity contribution in [2.24, 2.45) is 13.0 Å². The van der Waals surface area contributed by atoms with Crippen LogP contribution in [0.15, 0.2) is 24.3 Å². The molecule has 1 aliphatic rings. The highest BCUT2D eigenvalue weighted by atomic mass is 35.5. The smallest absolute Gasteiger partial charge is 0.317 e. The van der Waals surface area contributed by atoms with Gasteiger partial charge in [-0.2, -0.15) is 5.10 Å². The van der Waals surface area contributed by atoms with E-state index in [9.17, 15) is 9.59 Å². The third-order valence-corrected chi connectivity index (χ3v) is 6.44. The molecule has 0 saturated carbocycles. The average Bonchev–Trinajstić information content (AvgIpc) is 3.11. The first kappa shape index (κ1) is 22.4. The molecule has 0 radical (unpaired) electrons. The van der Waals surface area contributed by atoms with Crippen molar-refractivity contribution in [2.45, 2.75) is 32.1 Å². The van der Waals surface area contributed by atoms with Gasteiger partial charge >= 0.3 is 12.0 Å². The Bertz CT molecular complexity index is 923. The Morgan fingerprint density at radius 2 is 2.00 bits per heavy atom. The quantitative estimate of drug-likeness (QED) is 0.679. The largest absolute Gasteiger partial charge is 0.481 e. The first-order valence-corrected chi connectivity index (χ1v) is 10.8. The van der Waals surface area contributed by atoms with Crippen molar-refractivity contribution in [2.75, 3.05) is 19.6 Å². The highest BCUT2D eigenvalue weighted by Gasteiger charge is 2.26. The lowest BCUT2D eigenvalue weighted by molar-refractivity contribution is -0.141. The number of benzene rings is 1. The van der Waals surface area contributed by atoms with Crippen LogP contribution in [0.4, 0.5) is 4.79 Å². The Morgan fingerprint density at radius 1 is 1.30 bits per heavy atom. The fraction of sp³-hybridized carbons (Fsp3) is 0.476. The predicted molar refractivity (Wildman–Crippen MR) is 117 cm³/mol. The van der Waals surface area contributed by atoms with E-state index in [1.165, 1.54) is 0 Å². The molecule has 7 nitrogen and oxygen atoms in total. The summed E-state index contributed by atoms with van der Waals surface area (Å²) in [6.45, 7) is 3.28. The van der Waals surface area contributed by atoms with Crippen molar-refractivity contribution in [3.8, 4) is 11.3 Å². The zero-order valence-corrected chi connectivity index (χ0v) is 18.6. The summed E-state index contributed by atoms with van der Waals surface area (Å²) in [4.78, 5) is 25.0. The first-order chi connectivity index (χ1) is 14.3. The fourth-order valence-electron chi connectivity index (χ4n) is 3.71. The standard InChI is InChI=1S/C21H26Cl2N4O3/c1-13(20(28)29)6-9-24-21(30)27-10-7-14(8-11-27)18-12-17(25-26(18)2)15-4-3-5-16(22)19(15)23/h3-5,12-14H,6-11H2,1-2H3,(H,24,30)(H,28,29)/t13-/m0/s1. The summed E-state index contributed by atoms with van der Waals surface area (Å²) in [5.74, 6) is -1.02. The zero-order chi connectivity index (χ0) is 21.8. The van der Waals surface area contributed by atoms with Crippen molar-refractivity contribution in [3.05, 3.63) is 40.0 Å². The number of amides is 2. The van der Waals surface area contributed by atoms with Crippen molar-refractivity contribution in [1.29, 1.82) is 0 Å². The van der Waals surface area contributed by atoms with E-state index in [0.29, 0.717) is 42.0 Å². The predicted octanol–water partition coefficient (Wildman–Crippen LogP) is 4.39. The number of carboxylic acid groups (broad SMARTS) is 1. The number of aliphatic carboxylic acids is 1. The molecule has 1 atom stereocenters. The summed E-state index contributed by atoms with van der Waals surface area (Å²) < 4.78 is 1.88. The Hall–Kier alpha value is -2.25. The second-order valence-corrected chi connectivity index (χ2v) is 8.49. The van der Waals surface area contributed by atoms with Gasteiger partial charge in [-0.3, -0.25) is 9.48 Å². The van der Waals surface area contributed by atoms with Crippen LogP contribution in [0.1, 0.15) is 37.8 Å². The Kier molecular flexibility index (Phi) is 7.26. The van der Waals surface area contributed by atoms with E-state index in [1.54, 1.807) is 17.9 Å². The number of hydrogen-bond donors (Lipinski definition) is 2. The minimum Gasteiger partial charge on any atom is -0.481 e. The number of aryl methyl sites for hydroxylation is 1. The number of piperidine rings is 1. The van der Waals surface area contributed by atoms with Gasteiger partial charge in [-0.05, 0) is 31.4 Å². The van der Waals surface area contributed by atoms with Crippen LogP contribution in [-0.2, 0) is 11.8 Å². The van der Waals surface area contributed by atoms with E-state index in [1.807, 2.05) is 29.9 Å². The van der Waals surface area contributed by atoms with E-state index in [-0.39, 0.29) is 6.03 Å². The van der Waals surface area contributed by atoms with Crippen LogP contribution >= 0.6 is 23.2 Å². The van der Waals surface area contributed by atoms with Gasteiger partial charge in [-0.1, -0.05) is 42.3 Å². The van der Waals surface area contributed by atoms with Gasteiger partial charge in [-0.25, -0.2) is 4.79 Å². The lowest BCUT2D eigenvalue weighted by Crippen LogP contribution is -2.44. The van der Waals surface area contributed by atoms with Gasteiger partial charge in [0, 0.05) is 43.9 Å². The summed E-state index contributed by atoms with van der Waals surface area (Å²) in [5, 5.41) is 17.3. The summed E-state index contributed by atoms with van der Waals surface area (Å²) in [6, 6.07) is 7.42. The molecule has 0 unspecified atom stereocenters. The number of urea groups is 1. The van der Waals surface area contributed by atoms with E-state index in [0.717, 1.165) is 29.8 Å². The zero-order valence-electron chi connectivity index (χ0n) is 17.1. The number of nitrogens with zero attached hydrogens (tertiary/aromatic N) is 3. The Balaban J connectivity index is 1.58. The molecule has 0 aliphatic carbocycles. The summed E-state index contributed by atoms with van der Waals surface area (Å²) >= 11 is 12.5. The third kappa shape index (κ3) is 5.08. The molecule has 0 bridgehead atoms. The van der Waals surface area contributed by atoms with Crippen molar-refractivity contribution < 1.29 is 14.7 Å². The summed E-state index contributed by atoms with van der Waals surface area (Å²) in [7, 11) is 1.92. The molecule has 2 amide bonds. The van der Waals surface area contributed by atoms with Crippen molar-refractivity contribution >= 4 is 35.2 Å². The number of carbonyl (C=O) groups is 2. The molecular formula is C21H26Cl2N4O3. The first-order valence-electron chi connectivity index (χ1n) is 10.0. The minimum absolute atomic E-state index is 0.137. The molecular weight excluding hydrogens is 427 g/mol. The van der Waals surface area contributed by atoms with Crippen LogP contribution in [0.2, 0.25) is 10.0 Å². The van der Waals surface area contributed by atoms with E-state index < -0.39 is 11.9 Å². The minimum atomic E-state index is -0.848. The van der Waals surface area contributed by atoms with Crippen molar-refractivity contribution in [3.63, 3.8) is 0 Å². The molecule has 0 spiro atoms. The number of hydrogen-bond acceptors (Lipinski definition) is 3. The average molecular weight is 453 g/mol. The number of carboxylic acids is 1. The van der Waals surface area contributed by atoms with Gasteiger partial charge in [0.25, 0.3) is 0 Å². The highest BCUT2D eigenvalue weighted by Crippen LogP contribution is 2.35. The molecule has 2 N–H and O–H groups in total. The Morgan fingerprint density at radius 3 is 2.67 bits per heavy atom. The number of halogens is 2. The molecule has 162 valence electrons. The number of nitrogens with one attached hydrogen (secondary N) is 1. The van der Waals surface area contributed by atoms with Crippen LogP contribution in [0.3, 0.4) is 0 Å². The van der Waals surface area contributed by atoms with E-state index in [4.69, 9.17) is 28.3 Å². The second-order valence-electron chi connectivity index (χ2n) is 7.70. The van der Waals surface area contributed by atoms with Gasteiger partial charge < -0.3 is 15.3 Å². The van der Waals surface area contributed by atoms with Crippen LogP contribution in [0, 0.1) is 5.92 Å². The van der Waals surface area contributed by atoms with Crippen LogP contribution in [0.5, 0.6) is 0 Å². The molecule has 1 saturated heterocycles. The molecule has 2 heterocycles.